The molecule has 0 amide bonds. The maximum Gasteiger partial charge on any atom is 0.0965 e. The zero-order valence-electron chi connectivity index (χ0n) is 11.5. The normalized spacial score (nSPS) is 32.3. The van der Waals surface area contributed by atoms with Crippen molar-refractivity contribution in [3.63, 3.8) is 0 Å². The summed E-state index contributed by atoms with van der Waals surface area (Å²) in [6.07, 6.45) is 6.53. The van der Waals surface area contributed by atoms with Crippen LogP contribution in [-0.4, -0.2) is 31.1 Å². The predicted molar refractivity (Wildman–Crippen MR) is 71.5 cm³/mol. The molecule has 2 unspecified atom stereocenters. The highest BCUT2D eigenvalue weighted by molar-refractivity contribution is 5.82. The van der Waals surface area contributed by atoms with E-state index in [-0.39, 0.29) is 5.41 Å². The van der Waals surface area contributed by atoms with Gasteiger partial charge in [-0.25, -0.2) is 0 Å². The number of ether oxygens (including phenoxy) is 1. The molecule has 0 saturated heterocycles. The molecule has 2 aliphatic rings. The molecule has 2 rings (SSSR count). The third-order valence-corrected chi connectivity index (χ3v) is 4.26. The van der Waals surface area contributed by atoms with E-state index < -0.39 is 0 Å². The Morgan fingerprint density at radius 1 is 1.35 bits per heavy atom. The lowest BCUT2D eigenvalue weighted by molar-refractivity contribution is -0.109. The summed E-state index contributed by atoms with van der Waals surface area (Å²) in [6.45, 7) is 8.50. The minimum absolute atomic E-state index is 0.241. The second-order valence-electron chi connectivity index (χ2n) is 5.84. The Kier molecular flexibility index (Phi) is 4.08. The quantitative estimate of drug-likeness (QED) is 0.820. The standard InChI is InChI=1S/C14H26N2O/c1-4-17-12-10-11(14(12,2)3)16-13-8-6-5-7-9-15-13/h11-12H,4-10H2,1-3H3,(H,15,16). The van der Waals surface area contributed by atoms with E-state index in [4.69, 9.17) is 4.74 Å². The fourth-order valence-corrected chi connectivity index (χ4v) is 2.81. The molecule has 0 spiro atoms. The highest BCUT2D eigenvalue weighted by Crippen LogP contribution is 2.42. The number of aliphatic imine (C=N–C) groups is 1. The van der Waals surface area contributed by atoms with Gasteiger partial charge in [-0.15, -0.1) is 0 Å². The summed E-state index contributed by atoms with van der Waals surface area (Å²) in [7, 11) is 0. The molecule has 17 heavy (non-hydrogen) atoms. The van der Waals surface area contributed by atoms with Gasteiger partial charge in [-0.05, 0) is 26.2 Å². The molecule has 1 fully saturated rings. The van der Waals surface area contributed by atoms with E-state index in [0.29, 0.717) is 12.1 Å². The molecule has 1 aliphatic heterocycles. The number of rotatable bonds is 3. The maximum atomic E-state index is 5.76. The second kappa shape index (κ2) is 5.38. The van der Waals surface area contributed by atoms with E-state index >= 15 is 0 Å². The molecule has 0 aromatic heterocycles. The molecule has 0 radical (unpaired) electrons. The molecule has 3 heteroatoms. The summed E-state index contributed by atoms with van der Waals surface area (Å²) in [6, 6.07) is 0.538. The molecule has 2 atom stereocenters. The molecule has 98 valence electrons. The molecule has 1 heterocycles. The van der Waals surface area contributed by atoms with Gasteiger partial charge in [0.25, 0.3) is 0 Å². The molecule has 1 saturated carbocycles. The van der Waals surface area contributed by atoms with Crippen LogP contribution in [0, 0.1) is 5.41 Å². The van der Waals surface area contributed by atoms with E-state index in [2.05, 4.69) is 31.1 Å². The van der Waals surface area contributed by atoms with E-state index in [1.807, 2.05) is 0 Å². The van der Waals surface area contributed by atoms with Crippen molar-refractivity contribution < 1.29 is 4.74 Å². The summed E-state index contributed by atoms with van der Waals surface area (Å²) in [4.78, 5) is 4.65. The first-order chi connectivity index (χ1) is 8.14. The van der Waals surface area contributed by atoms with Crippen molar-refractivity contribution in [2.75, 3.05) is 13.2 Å². The molecular weight excluding hydrogens is 212 g/mol. The van der Waals surface area contributed by atoms with Crippen LogP contribution in [0.3, 0.4) is 0 Å². The van der Waals surface area contributed by atoms with Gasteiger partial charge < -0.3 is 10.1 Å². The second-order valence-corrected chi connectivity index (χ2v) is 5.84. The zero-order valence-corrected chi connectivity index (χ0v) is 11.5. The number of hydrogen-bond donors (Lipinski definition) is 1. The number of nitrogens with one attached hydrogen (secondary N) is 1. The SMILES string of the molecule is CCOC1CC(NC2=NCCCCC2)C1(C)C. The Morgan fingerprint density at radius 2 is 2.18 bits per heavy atom. The third-order valence-electron chi connectivity index (χ3n) is 4.26. The third kappa shape index (κ3) is 2.82. The predicted octanol–water partition coefficient (Wildman–Crippen LogP) is 2.75. The van der Waals surface area contributed by atoms with Gasteiger partial charge >= 0.3 is 0 Å². The average molecular weight is 238 g/mol. The van der Waals surface area contributed by atoms with Gasteiger partial charge in [0.15, 0.2) is 0 Å². The average Bonchev–Trinajstić information content (AvgIpc) is 2.56. The minimum atomic E-state index is 0.241. The van der Waals surface area contributed by atoms with Crippen molar-refractivity contribution in [1.29, 1.82) is 0 Å². The molecule has 1 N–H and O–H groups in total. The Hall–Kier alpha value is -0.570. The summed E-state index contributed by atoms with van der Waals surface area (Å²) in [5, 5.41) is 3.64. The molecule has 0 bridgehead atoms. The van der Waals surface area contributed by atoms with Gasteiger partial charge in [-0.1, -0.05) is 20.3 Å². The van der Waals surface area contributed by atoms with Gasteiger partial charge in [0.2, 0.25) is 0 Å². The number of hydrogen-bond acceptors (Lipinski definition) is 3. The largest absolute Gasteiger partial charge is 0.378 e. The molecule has 1 aliphatic carbocycles. The smallest absolute Gasteiger partial charge is 0.0965 e. The number of nitrogens with zero attached hydrogens (tertiary/aromatic N) is 1. The van der Waals surface area contributed by atoms with Crippen molar-refractivity contribution in [1.82, 2.24) is 5.32 Å². The highest BCUT2D eigenvalue weighted by Gasteiger charge is 2.49. The first kappa shape index (κ1) is 12.9. The summed E-state index contributed by atoms with van der Waals surface area (Å²) in [5.41, 5.74) is 0.241. The molecule has 0 aromatic rings. The fourth-order valence-electron chi connectivity index (χ4n) is 2.81. The summed E-state index contributed by atoms with van der Waals surface area (Å²) >= 11 is 0. The maximum absolute atomic E-state index is 5.76. The van der Waals surface area contributed by atoms with E-state index in [9.17, 15) is 0 Å². The van der Waals surface area contributed by atoms with Crippen molar-refractivity contribution >= 4 is 5.84 Å². The first-order valence-corrected chi connectivity index (χ1v) is 7.06. The van der Waals surface area contributed by atoms with Crippen LogP contribution in [0.5, 0.6) is 0 Å². The van der Waals surface area contributed by atoms with Gasteiger partial charge in [-0.2, -0.15) is 0 Å². The van der Waals surface area contributed by atoms with Gasteiger partial charge in [-0.3, -0.25) is 4.99 Å². The Bertz CT molecular complexity index is 286. The van der Waals surface area contributed by atoms with Crippen LogP contribution in [0.1, 0.15) is 52.9 Å². The fraction of sp³-hybridized carbons (Fsp3) is 0.929. The minimum Gasteiger partial charge on any atom is -0.378 e. The molecular formula is C14H26N2O. The van der Waals surface area contributed by atoms with Gasteiger partial charge in [0.1, 0.15) is 0 Å². The van der Waals surface area contributed by atoms with Crippen LogP contribution >= 0.6 is 0 Å². The lowest BCUT2D eigenvalue weighted by Gasteiger charge is -2.52. The Labute approximate surface area is 105 Å². The monoisotopic (exact) mass is 238 g/mol. The number of amidine groups is 1. The van der Waals surface area contributed by atoms with Crippen LogP contribution in [-0.2, 0) is 4.74 Å². The lowest BCUT2D eigenvalue weighted by Crippen LogP contribution is -2.62. The van der Waals surface area contributed by atoms with Gasteiger partial charge in [0.05, 0.1) is 11.9 Å². The highest BCUT2D eigenvalue weighted by atomic mass is 16.5. The van der Waals surface area contributed by atoms with E-state index in [0.717, 1.165) is 26.0 Å². The molecule has 0 aromatic carbocycles. The van der Waals surface area contributed by atoms with Crippen LogP contribution in [0.4, 0.5) is 0 Å². The lowest BCUT2D eigenvalue weighted by atomic mass is 9.64. The first-order valence-electron chi connectivity index (χ1n) is 7.06. The summed E-state index contributed by atoms with van der Waals surface area (Å²) in [5.74, 6) is 1.23. The van der Waals surface area contributed by atoms with Crippen LogP contribution in [0.15, 0.2) is 4.99 Å². The zero-order chi connectivity index (χ0) is 12.3. The Balaban J connectivity index is 1.86. The Morgan fingerprint density at radius 3 is 2.88 bits per heavy atom. The van der Waals surface area contributed by atoms with Crippen molar-refractivity contribution in [2.24, 2.45) is 10.4 Å². The molecule has 3 nitrogen and oxygen atoms in total. The topological polar surface area (TPSA) is 33.6 Å². The van der Waals surface area contributed by atoms with E-state index in [1.54, 1.807) is 0 Å². The summed E-state index contributed by atoms with van der Waals surface area (Å²) < 4.78 is 5.76. The van der Waals surface area contributed by atoms with Gasteiger partial charge in [0, 0.05) is 31.0 Å². The van der Waals surface area contributed by atoms with Crippen molar-refractivity contribution in [3.05, 3.63) is 0 Å². The van der Waals surface area contributed by atoms with Crippen molar-refractivity contribution in [2.45, 2.75) is 65.0 Å². The van der Waals surface area contributed by atoms with Crippen LogP contribution < -0.4 is 5.32 Å². The van der Waals surface area contributed by atoms with E-state index in [1.165, 1.54) is 25.1 Å². The van der Waals surface area contributed by atoms with Crippen LogP contribution in [0.25, 0.3) is 0 Å². The van der Waals surface area contributed by atoms with Crippen LogP contribution in [0.2, 0.25) is 0 Å². The van der Waals surface area contributed by atoms with Crippen molar-refractivity contribution in [3.8, 4) is 0 Å².